The van der Waals surface area contributed by atoms with Crippen LogP contribution in [0.25, 0.3) is 10.2 Å². The van der Waals surface area contributed by atoms with Gasteiger partial charge >= 0.3 is 12.0 Å². The third-order valence-corrected chi connectivity index (χ3v) is 5.87. The fourth-order valence-electron chi connectivity index (χ4n) is 3.17. The molecule has 0 bridgehead atoms. The Bertz CT molecular complexity index is 1100. The number of carbonyl (C=O) groups excluding carboxylic acids is 3. The average molecular weight is 412 g/mol. The predicted molar refractivity (Wildman–Crippen MR) is 108 cm³/mol. The molecule has 1 aromatic carbocycles. The highest BCUT2D eigenvalue weighted by Gasteiger charge is 2.27. The van der Waals surface area contributed by atoms with Crippen molar-refractivity contribution in [2.24, 2.45) is 0 Å². The van der Waals surface area contributed by atoms with Gasteiger partial charge in [0.05, 0.1) is 12.2 Å². The third kappa shape index (κ3) is 3.86. The minimum absolute atomic E-state index is 0.284. The molecule has 150 valence electrons. The SMILES string of the molecule is Cc1ccc(Cn2nc(C)c3cc(C(=O)OCC(=O)N4CCNC4=O)sc32)cc1. The van der Waals surface area contributed by atoms with Crippen molar-refractivity contribution in [3.8, 4) is 0 Å². The summed E-state index contributed by atoms with van der Waals surface area (Å²) in [6.45, 7) is 4.76. The number of nitrogens with zero attached hydrogens (tertiary/aromatic N) is 3. The average Bonchev–Trinajstić information content (AvgIpc) is 3.39. The molecular formula is C20H20N4O4S. The van der Waals surface area contributed by atoms with E-state index < -0.39 is 24.5 Å². The molecule has 3 heterocycles. The van der Waals surface area contributed by atoms with Crippen LogP contribution in [0.4, 0.5) is 4.79 Å². The van der Waals surface area contributed by atoms with Crippen LogP contribution in [0.2, 0.25) is 0 Å². The first-order valence-corrected chi connectivity index (χ1v) is 10.0. The van der Waals surface area contributed by atoms with Gasteiger partial charge in [-0.05, 0) is 25.5 Å². The number of hydrogen-bond donors (Lipinski definition) is 1. The number of aryl methyl sites for hydroxylation is 2. The second-order valence-corrected chi connectivity index (χ2v) is 7.94. The molecule has 0 atom stereocenters. The van der Waals surface area contributed by atoms with Gasteiger partial charge in [-0.2, -0.15) is 5.10 Å². The summed E-state index contributed by atoms with van der Waals surface area (Å²) in [5.74, 6) is -1.11. The minimum atomic E-state index is -0.583. The zero-order valence-electron chi connectivity index (χ0n) is 16.1. The van der Waals surface area contributed by atoms with Crippen molar-refractivity contribution < 1.29 is 19.1 Å². The molecule has 3 aromatic rings. The Morgan fingerprint density at radius 3 is 2.69 bits per heavy atom. The second-order valence-electron chi connectivity index (χ2n) is 6.91. The Hall–Kier alpha value is -3.20. The Morgan fingerprint density at radius 2 is 2.00 bits per heavy atom. The van der Waals surface area contributed by atoms with Crippen LogP contribution in [0.1, 0.15) is 26.5 Å². The van der Waals surface area contributed by atoms with Gasteiger partial charge in [-0.25, -0.2) is 9.59 Å². The van der Waals surface area contributed by atoms with Crippen LogP contribution in [-0.2, 0) is 16.1 Å². The molecule has 0 aliphatic carbocycles. The standard InChI is InChI=1S/C20H20N4O4S/c1-12-3-5-14(6-4-12)10-24-18-15(13(2)22-24)9-16(29-18)19(26)28-11-17(25)23-8-7-21-20(23)27/h3-6,9H,7-8,10-11H2,1-2H3,(H,21,27). The molecule has 29 heavy (non-hydrogen) atoms. The number of urea groups is 1. The van der Waals surface area contributed by atoms with Crippen LogP contribution in [0, 0.1) is 13.8 Å². The molecule has 0 spiro atoms. The fourth-order valence-corrected chi connectivity index (χ4v) is 4.23. The Labute approximate surface area is 171 Å². The van der Waals surface area contributed by atoms with Gasteiger partial charge in [0.25, 0.3) is 5.91 Å². The third-order valence-electron chi connectivity index (χ3n) is 4.75. The van der Waals surface area contributed by atoms with E-state index in [4.69, 9.17) is 4.74 Å². The monoisotopic (exact) mass is 412 g/mol. The van der Waals surface area contributed by atoms with Crippen LogP contribution in [0.15, 0.2) is 30.3 Å². The highest BCUT2D eigenvalue weighted by molar-refractivity contribution is 7.20. The van der Waals surface area contributed by atoms with Gasteiger partial charge in [0, 0.05) is 18.5 Å². The van der Waals surface area contributed by atoms with Gasteiger partial charge in [-0.3, -0.25) is 14.4 Å². The Morgan fingerprint density at radius 1 is 1.24 bits per heavy atom. The molecule has 0 radical (unpaired) electrons. The number of fused-ring (bicyclic) bond motifs is 1. The Balaban J connectivity index is 1.48. The van der Waals surface area contributed by atoms with Gasteiger partial charge in [-0.15, -0.1) is 11.3 Å². The minimum Gasteiger partial charge on any atom is -0.451 e. The number of ether oxygens (including phenoxy) is 1. The number of nitrogens with one attached hydrogen (secondary N) is 1. The summed E-state index contributed by atoms with van der Waals surface area (Å²) in [6, 6.07) is 9.50. The number of imide groups is 1. The van der Waals surface area contributed by atoms with Gasteiger partial charge in [0.2, 0.25) is 0 Å². The van der Waals surface area contributed by atoms with Crippen LogP contribution >= 0.6 is 11.3 Å². The van der Waals surface area contributed by atoms with E-state index in [0.717, 1.165) is 26.4 Å². The number of aromatic nitrogens is 2. The molecular weight excluding hydrogens is 392 g/mol. The van der Waals surface area contributed by atoms with Gasteiger partial charge in [0.1, 0.15) is 9.71 Å². The zero-order valence-corrected chi connectivity index (χ0v) is 16.9. The lowest BCUT2D eigenvalue weighted by atomic mass is 10.1. The van der Waals surface area contributed by atoms with Crippen molar-refractivity contribution in [3.05, 3.63) is 52.0 Å². The maximum atomic E-state index is 12.4. The lowest BCUT2D eigenvalue weighted by Crippen LogP contribution is -2.37. The molecule has 0 saturated carbocycles. The van der Waals surface area contributed by atoms with E-state index in [2.05, 4.69) is 34.7 Å². The van der Waals surface area contributed by atoms with E-state index in [-0.39, 0.29) is 6.54 Å². The molecule has 1 fully saturated rings. The van der Waals surface area contributed by atoms with Gasteiger partial charge in [-0.1, -0.05) is 29.8 Å². The molecule has 1 N–H and O–H groups in total. The number of esters is 1. The second kappa shape index (κ2) is 7.67. The number of benzene rings is 1. The number of rotatable bonds is 5. The number of carbonyl (C=O) groups is 3. The van der Waals surface area contributed by atoms with Gasteiger partial charge < -0.3 is 10.1 Å². The largest absolute Gasteiger partial charge is 0.451 e. The Kier molecular flexibility index (Phi) is 5.06. The van der Waals surface area contributed by atoms with Crippen molar-refractivity contribution in [2.75, 3.05) is 19.7 Å². The highest BCUT2D eigenvalue weighted by atomic mass is 32.1. The normalized spacial score (nSPS) is 13.7. The predicted octanol–water partition coefficient (Wildman–Crippen LogP) is 2.47. The number of thiophene rings is 1. The molecule has 8 nitrogen and oxygen atoms in total. The highest BCUT2D eigenvalue weighted by Crippen LogP contribution is 2.29. The summed E-state index contributed by atoms with van der Waals surface area (Å²) in [6.07, 6.45) is 0. The van der Waals surface area contributed by atoms with Crippen molar-refractivity contribution in [1.29, 1.82) is 0 Å². The number of amides is 3. The van der Waals surface area contributed by atoms with Crippen LogP contribution in [0.5, 0.6) is 0 Å². The molecule has 3 amide bonds. The summed E-state index contributed by atoms with van der Waals surface area (Å²) in [5.41, 5.74) is 3.14. The molecule has 9 heteroatoms. The summed E-state index contributed by atoms with van der Waals surface area (Å²) >= 11 is 1.28. The first kappa shape index (κ1) is 19.1. The smallest absolute Gasteiger partial charge is 0.348 e. The van der Waals surface area contributed by atoms with E-state index in [9.17, 15) is 14.4 Å². The lowest BCUT2D eigenvalue weighted by Gasteiger charge is -2.11. The van der Waals surface area contributed by atoms with Crippen molar-refractivity contribution >= 4 is 39.5 Å². The van der Waals surface area contributed by atoms with Crippen LogP contribution < -0.4 is 5.32 Å². The molecule has 1 aliphatic heterocycles. The van der Waals surface area contributed by atoms with E-state index in [1.165, 1.54) is 16.9 Å². The molecule has 4 rings (SSSR count). The summed E-state index contributed by atoms with van der Waals surface area (Å²) in [7, 11) is 0. The van der Waals surface area contributed by atoms with Crippen LogP contribution in [-0.4, -0.2) is 52.3 Å². The first-order valence-electron chi connectivity index (χ1n) is 9.20. The van der Waals surface area contributed by atoms with E-state index in [1.54, 1.807) is 6.07 Å². The van der Waals surface area contributed by atoms with Crippen molar-refractivity contribution in [2.45, 2.75) is 20.4 Å². The maximum Gasteiger partial charge on any atom is 0.348 e. The lowest BCUT2D eigenvalue weighted by molar-refractivity contribution is -0.130. The topological polar surface area (TPSA) is 93.5 Å². The summed E-state index contributed by atoms with van der Waals surface area (Å²) < 4.78 is 7.00. The first-order chi connectivity index (χ1) is 13.9. The quantitative estimate of drug-likeness (QED) is 0.650. The molecule has 1 aliphatic rings. The number of hydrogen-bond acceptors (Lipinski definition) is 6. The van der Waals surface area contributed by atoms with E-state index in [1.807, 2.05) is 18.5 Å². The molecule has 0 unspecified atom stereocenters. The van der Waals surface area contributed by atoms with Crippen molar-refractivity contribution in [3.63, 3.8) is 0 Å². The van der Waals surface area contributed by atoms with E-state index >= 15 is 0 Å². The van der Waals surface area contributed by atoms with Gasteiger partial charge in [0.15, 0.2) is 6.61 Å². The zero-order chi connectivity index (χ0) is 20.5. The summed E-state index contributed by atoms with van der Waals surface area (Å²) in [4.78, 5) is 38.3. The molecule has 1 saturated heterocycles. The molecule has 2 aromatic heterocycles. The van der Waals surface area contributed by atoms with Crippen molar-refractivity contribution in [1.82, 2.24) is 20.0 Å². The van der Waals surface area contributed by atoms with E-state index in [0.29, 0.717) is 18.0 Å². The van der Waals surface area contributed by atoms with Crippen LogP contribution in [0.3, 0.4) is 0 Å². The maximum absolute atomic E-state index is 12.4. The fraction of sp³-hybridized carbons (Fsp3) is 0.300. The summed E-state index contributed by atoms with van der Waals surface area (Å²) in [5, 5.41) is 8.00.